The molecule has 0 saturated heterocycles. The number of benzene rings is 1. The Morgan fingerprint density at radius 1 is 1.32 bits per heavy atom. The molecular weight excluding hydrogens is 282 g/mol. The van der Waals surface area contributed by atoms with Gasteiger partial charge in [0, 0.05) is 6.42 Å². The van der Waals surface area contributed by atoms with E-state index in [1.54, 1.807) is 7.11 Å². The van der Waals surface area contributed by atoms with Crippen molar-refractivity contribution in [3.63, 3.8) is 0 Å². The molecule has 1 atom stereocenters. The normalized spacial score (nSPS) is 12.6. The van der Waals surface area contributed by atoms with E-state index in [-0.39, 0.29) is 12.6 Å². The molecule has 0 aliphatic carbocycles. The Morgan fingerprint density at radius 2 is 2.05 bits per heavy atom. The molecule has 0 bridgehead atoms. The van der Waals surface area contributed by atoms with Crippen molar-refractivity contribution in [3.8, 4) is 5.75 Å². The van der Waals surface area contributed by atoms with E-state index in [9.17, 15) is 5.11 Å². The molecule has 6 nitrogen and oxygen atoms in total. The Balaban J connectivity index is 2.05. The lowest BCUT2D eigenvalue weighted by molar-refractivity contribution is 0.131. The molecule has 0 saturated carbocycles. The molecule has 0 amide bonds. The van der Waals surface area contributed by atoms with Gasteiger partial charge in [-0.3, -0.25) is 4.90 Å². The third kappa shape index (κ3) is 4.05. The summed E-state index contributed by atoms with van der Waals surface area (Å²) in [5.41, 5.74) is 1.01. The number of likely N-dealkylation sites (N-methyl/N-ethyl adjacent to an activating group) is 1. The molecule has 0 fully saturated rings. The van der Waals surface area contributed by atoms with Crippen molar-refractivity contribution in [2.75, 3.05) is 20.8 Å². The summed E-state index contributed by atoms with van der Waals surface area (Å²) >= 11 is 0. The third-order valence-electron chi connectivity index (χ3n) is 3.57. The van der Waals surface area contributed by atoms with Gasteiger partial charge < -0.3 is 14.4 Å². The summed E-state index contributed by atoms with van der Waals surface area (Å²) in [6.45, 7) is 2.58. The first-order valence-corrected chi connectivity index (χ1v) is 7.44. The van der Waals surface area contributed by atoms with E-state index in [0.29, 0.717) is 12.4 Å². The van der Waals surface area contributed by atoms with Crippen LogP contribution in [0.1, 0.15) is 36.7 Å². The SMILES string of the molecule is CCCc1noc(CN(C)C(CO)c2ccc(OC)cc2)n1. The number of hydrogen-bond donors (Lipinski definition) is 1. The zero-order valence-electron chi connectivity index (χ0n) is 13.3. The molecule has 1 N–H and O–H groups in total. The van der Waals surface area contributed by atoms with Gasteiger partial charge in [0.15, 0.2) is 5.82 Å². The van der Waals surface area contributed by atoms with Crippen molar-refractivity contribution in [2.45, 2.75) is 32.4 Å². The maximum absolute atomic E-state index is 9.70. The van der Waals surface area contributed by atoms with Crippen LogP contribution in [0.2, 0.25) is 0 Å². The topological polar surface area (TPSA) is 71.6 Å². The largest absolute Gasteiger partial charge is 0.497 e. The van der Waals surface area contributed by atoms with Gasteiger partial charge in [0.2, 0.25) is 5.89 Å². The minimum atomic E-state index is -0.132. The summed E-state index contributed by atoms with van der Waals surface area (Å²) in [4.78, 5) is 6.35. The molecule has 1 heterocycles. The number of methoxy groups -OCH3 is 1. The molecule has 2 rings (SSSR count). The highest BCUT2D eigenvalue weighted by Crippen LogP contribution is 2.23. The zero-order valence-corrected chi connectivity index (χ0v) is 13.3. The fourth-order valence-corrected chi connectivity index (χ4v) is 2.33. The molecule has 1 aromatic heterocycles. The lowest BCUT2D eigenvalue weighted by Gasteiger charge is -2.25. The second-order valence-electron chi connectivity index (χ2n) is 5.24. The van der Waals surface area contributed by atoms with Crippen molar-refractivity contribution in [1.82, 2.24) is 15.0 Å². The van der Waals surface area contributed by atoms with Crippen LogP contribution in [0.5, 0.6) is 5.75 Å². The van der Waals surface area contributed by atoms with E-state index in [0.717, 1.165) is 30.0 Å². The number of nitrogens with zero attached hydrogens (tertiary/aromatic N) is 3. The Kier molecular flexibility index (Phi) is 5.91. The van der Waals surface area contributed by atoms with Crippen LogP contribution in [0.15, 0.2) is 28.8 Å². The van der Waals surface area contributed by atoms with Gasteiger partial charge in [0.1, 0.15) is 5.75 Å². The Hall–Kier alpha value is -1.92. The number of ether oxygens (including phenoxy) is 1. The molecule has 2 aromatic rings. The Labute approximate surface area is 130 Å². The Bertz CT molecular complexity index is 568. The first-order chi connectivity index (χ1) is 10.7. The molecule has 120 valence electrons. The maximum atomic E-state index is 9.70. The number of aryl methyl sites for hydroxylation is 1. The summed E-state index contributed by atoms with van der Waals surface area (Å²) in [5, 5.41) is 13.7. The van der Waals surface area contributed by atoms with Gasteiger partial charge in [-0.05, 0) is 31.2 Å². The number of rotatable bonds is 8. The molecule has 1 unspecified atom stereocenters. The van der Waals surface area contributed by atoms with Crippen molar-refractivity contribution >= 4 is 0 Å². The van der Waals surface area contributed by atoms with E-state index >= 15 is 0 Å². The van der Waals surface area contributed by atoms with E-state index in [1.165, 1.54) is 0 Å². The number of aliphatic hydroxyl groups excluding tert-OH is 1. The van der Waals surface area contributed by atoms with Gasteiger partial charge in [0.05, 0.1) is 26.3 Å². The number of aromatic nitrogens is 2. The highest BCUT2D eigenvalue weighted by Gasteiger charge is 2.19. The molecule has 0 radical (unpaired) electrons. The molecular formula is C16H23N3O3. The highest BCUT2D eigenvalue weighted by molar-refractivity contribution is 5.29. The third-order valence-corrected chi connectivity index (χ3v) is 3.57. The summed E-state index contributed by atoms with van der Waals surface area (Å²) < 4.78 is 10.4. The van der Waals surface area contributed by atoms with Crippen LogP contribution >= 0.6 is 0 Å². The van der Waals surface area contributed by atoms with Crippen molar-refractivity contribution in [2.24, 2.45) is 0 Å². The minimum absolute atomic E-state index is 0.0127. The molecule has 0 aliphatic heterocycles. The molecule has 6 heteroatoms. The van der Waals surface area contributed by atoms with Crippen molar-refractivity contribution in [1.29, 1.82) is 0 Å². The van der Waals surface area contributed by atoms with Crippen LogP contribution in [0.3, 0.4) is 0 Å². The maximum Gasteiger partial charge on any atom is 0.240 e. The van der Waals surface area contributed by atoms with Crippen LogP contribution in [0.25, 0.3) is 0 Å². The number of hydrogen-bond acceptors (Lipinski definition) is 6. The van der Waals surface area contributed by atoms with Gasteiger partial charge in [0.25, 0.3) is 0 Å². The first kappa shape index (κ1) is 16.5. The van der Waals surface area contributed by atoms with Crippen molar-refractivity contribution in [3.05, 3.63) is 41.5 Å². The summed E-state index contributed by atoms with van der Waals surface area (Å²) in [6, 6.07) is 7.54. The average Bonchev–Trinajstić information content (AvgIpc) is 2.96. The van der Waals surface area contributed by atoms with Crippen LogP contribution in [-0.2, 0) is 13.0 Å². The Morgan fingerprint density at radius 3 is 2.64 bits per heavy atom. The van der Waals surface area contributed by atoms with Crippen molar-refractivity contribution < 1.29 is 14.4 Å². The van der Waals surface area contributed by atoms with E-state index in [4.69, 9.17) is 9.26 Å². The lowest BCUT2D eigenvalue weighted by Crippen LogP contribution is -2.27. The quantitative estimate of drug-likeness (QED) is 0.806. The summed E-state index contributed by atoms with van der Waals surface area (Å²) in [6.07, 6.45) is 1.80. The van der Waals surface area contributed by atoms with Crippen LogP contribution in [0.4, 0.5) is 0 Å². The zero-order chi connectivity index (χ0) is 15.9. The molecule has 22 heavy (non-hydrogen) atoms. The predicted octanol–water partition coefficient (Wildman–Crippen LogP) is 2.20. The van der Waals surface area contributed by atoms with E-state index in [1.807, 2.05) is 36.2 Å². The smallest absolute Gasteiger partial charge is 0.240 e. The monoisotopic (exact) mass is 305 g/mol. The second-order valence-corrected chi connectivity index (χ2v) is 5.24. The minimum Gasteiger partial charge on any atom is -0.497 e. The molecule has 0 spiro atoms. The van der Waals surface area contributed by atoms with Crippen LogP contribution in [0, 0.1) is 0 Å². The van der Waals surface area contributed by atoms with Gasteiger partial charge in [-0.15, -0.1) is 0 Å². The van der Waals surface area contributed by atoms with Crippen LogP contribution < -0.4 is 4.74 Å². The fourth-order valence-electron chi connectivity index (χ4n) is 2.33. The first-order valence-electron chi connectivity index (χ1n) is 7.44. The van der Waals surface area contributed by atoms with E-state index in [2.05, 4.69) is 17.1 Å². The highest BCUT2D eigenvalue weighted by atomic mass is 16.5. The summed E-state index contributed by atoms with van der Waals surface area (Å²) in [5.74, 6) is 2.10. The predicted molar refractivity (Wildman–Crippen MR) is 82.6 cm³/mol. The van der Waals surface area contributed by atoms with Crippen LogP contribution in [-0.4, -0.2) is 40.9 Å². The van der Waals surface area contributed by atoms with Gasteiger partial charge in [-0.2, -0.15) is 4.98 Å². The molecule has 1 aromatic carbocycles. The molecule has 0 aliphatic rings. The summed E-state index contributed by atoms with van der Waals surface area (Å²) in [7, 11) is 3.56. The van der Waals surface area contributed by atoms with Gasteiger partial charge in [-0.25, -0.2) is 0 Å². The average molecular weight is 305 g/mol. The fraction of sp³-hybridized carbons (Fsp3) is 0.500. The van der Waals surface area contributed by atoms with Gasteiger partial charge in [-0.1, -0.05) is 24.2 Å². The second kappa shape index (κ2) is 7.91. The van der Waals surface area contributed by atoms with Gasteiger partial charge >= 0.3 is 0 Å². The number of aliphatic hydroxyl groups is 1. The van der Waals surface area contributed by atoms with E-state index < -0.39 is 0 Å². The standard InChI is InChI=1S/C16H23N3O3/c1-4-5-15-17-16(22-18-15)10-19(2)14(11-20)12-6-8-13(21-3)9-7-12/h6-9,14,20H,4-5,10-11H2,1-3H3. The lowest BCUT2D eigenvalue weighted by atomic mass is 10.1.